The van der Waals surface area contributed by atoms with Gasteiger partial charge in [0.1, 0.15) is 0 Å². The summed E-state index contributed by atoms with van der Waals surface area (Å²) < 4.78 is 27.5. The second-order valence-electron chi connectivity index (χ2n) is 9.60. The Morgan fingerprint density at radius 3 is 1.19 bits per heavy atom. The quantitative estimate of drug-likeness (QED) is 0.222. The topological polar surface area (TPSA) is 59.1 Å². The minimum Gasteiger partial charge on any atom is -0.309 e. The van der Waals surface area contributed by atoms with E-state index in [0.717, 1.165) is 14.2 Å². The third kappa shape index (κ3) is 24.3. The van der Waals surface area contributed by atoms with Crippen LogP contribution in [0.5, 0.6) is 0 Å². The average molecular weight is 467 g/mol. The Balaban J connectivity index is 0. The molecule has 0 unspecified atom stereocenters. The van der Waals surface area contributed by atoms with Crippen molar-refractivity contribution in [2.24, 2.45) is 0 Å². The highest BCUT2D eigenvalue weighted by atomic mass is 32.3. The van der Waals surface area contributed by atoms with Crippen LogP contribution in [0.2, 0.25) is 0 Å². The van der Waals surface area contributed by atoms with E-state index in [1.54, 1.807) is 0 Å². The van der Waals surface area contributed by atoms with Crippen molar-refractivity contribution in [3.05, 3.63) is 0 Å². The predicted molar refractivity (Wildman–Crippen MR) is 134 cm³/mol. The van der Waals surface area contributed by atoms with Crippen molar-refractivity contribution >= 4 is 10.4 Å². The Morgan fingerprint density at radius 1 is 0.613 bits per heavy atom. The van der Waals surface area contributed by atoms with Crippen LogP contribution in [0.15, 0.2) is 0 Å². The standard InChI is InChI=1S/C22H48N2.C2H6O4S/c1-22(2,24(5)6)20-18-16-14-12-10-8-7-9-11-13-15-17-19-21-23(3)4;1-5-7(3,4)6-2/h7-21H2,1-6H3;1-2H3. The van der Waals surface area contributed by atoms with Gasteiger partial charge in [0.15, 0.2) is 0 Å². The van der Waals surface area contributed by atoms with Crippen molar-refractivity contribution in [1.29, 1.82) is 0 Å². The largest absolute Gasteiger partial charge is 0.399 e. The van der Waals surface area contributed by atoms with Gasteiger partial charge in [-0.1, -0.05) is 77.0 Å². The van der Waals surface area contributed by atoms with Gasteiger partial charge in [0.05, 0.1) is 14.2 Å². The Morgan fingerprint density at radius 2 is 0.935 bits per heavy atom. The molecule has 0 aliphatic rings. The van der Waals surface area contributed by atoms with Gasteiger partial charge >= 0.3 is 10.4 Å². The van der Waals surface area contributed by atoms with Crippen LogP contribution in [-0.2, 0) is 18.8 Å². The van der Waals surface area contributed by atoms with Crippen LogP contribution in [0.3, 0.4) is 0 Å². The van der Waals surface area contributed by atoms with Crippen LogP contribution < -0.4 is 0 Å². The molecule has 0 N–H and O–H groups in total. The summed E-state index contributed by atoms with van der Waals surface area (Å²) in [5.74, 6) is 0. The molecule has 0 saturated carbocycles. The summed E-state index contributed by atoms with van der Waals surface area (Å²) in [6.07, 6.45) is 20.0. The first-order chi connectivity index (χ1) is 14.5. The molecule has 0 bridgehead atoms. The zero-order valence-corrected chi connectivity index (χ0v) is 22.9. The van der Waals surface area contributed by atoms with E-state index in [-0.39, 0.29) is 0 Å². The SMILES string of the molecule is CN(C)CCCCCCCCCCCCCCCC(C)(C)N(C)C.COS(=O)(=O)OC. The maximum atomic E-state index is 9.92. The van der Waals surface area contributed by atoms with Crippen LogP contribution in [0.4, 0.5) is 0 Å². The van der Waals surface area contributed by atoms with E-state index in [2.05, 4.69) is 60.2 Å². The molecule has 0 amide bonds. The molecule has 0 aliphatic heterocycles. The molecule has 0 aromatic heterocycles. The van der Waals surface area contributed by atoms with Crippen molar-refractivity contribution in [3.63, 3.8) is 0 Å². The molecular formula is C24H54N2O4S. The molecule has 0 atom stereocenters. The Kier molecular flexibility index (Phi) is 21.7. The molecule has 0 heterocycles. The maximum Gasteiger partial charge on any atom is 0.399 e. The minimum absolute atomic E-state index is 0.368. The molecule has 0 fully saturated rings. The third-order valence-electron chi connectivity index (χ3n) is 6.01. The molecule has 0 radical (unpaired) electrons. The van der Waals surface area contributed by atoms with Gasteiger partial charge in [-0.25, -0.2) is 0 Å². The normalized spacial score (nSPS) is 12.3. The van der Waals surface area contributed by atoms with Crippen molar-refractivity contribution in [3.8, 4) is 0 Å². The van der Waals surface area contributed by atoms with Crippen LogP contribution in [0.1, 0.15) is 104 Å². The van der Waals surface area contributed by atoms with Crippen molar-refractivity contribution in [2.75, 3.05) is 49.0 Å². The van der Waals surface area contributed by atoms with E-state index < -0.39 is 10.4 Å². The molecule has 0 aromatic rings. The van der Waals surface area contributed by atoms with E-state index in [4.69, 9.17) is 0 Å². The van der Waals surface area contributed by atoms with E-state index in [1.165, 1.54) is 96.4 Å². The molecule has 190 valence electrons. The first-order valence-electron chi connectivity index (χ1n) is 12.2. The van der Waals surface area contributed by atoms with Crippen molar-refractivity contribution < 1.29 is 16.8 Å². The molecule has 31 heavy (non-hydrogen) atoms. The zero-order valence-electron chi connectivity index (χ0n) is 22.0. The third-order valence-corrected chi connectivity index (χ3v) is 6.83. The zero-order chi connectivity index (χ0) is 24.2. The Labute approximate surface area is 195 Å². The van der Waals surface area contributed by atoms with Crippen LogP contribution >= 0.6 is 0 Å². The summed E-state index contributed by atoms with van der Waals surface area (Å²) in [5, 5.41) is 0. The molecule has 0 aromatic carbocycles. The highest BCUT2D eigenvalue weighted by Crippen LogP contribution is 2.20. The highest BCUT2D eigenvalue weighted by Gasteiger charge is 2.18. The number of hydrogen-bond acceptors (Lipinski definition) is 6. The second kappa shape index (κ2) is 20.4. The fourth-order valence-electron chi connectivity index (χ4n) is 3.22. The average Bonchev–Trinajstić information content (AvgIpc) is 2.71. The molecule has 6 nitrogen and oxygen atoms in total. The summed E-state index contributed by atoms with van der Waals surface area (Å²) in [4.78, 5) is 4.65. The Bertz CT molecular complexity index is 470. The molecule has 0 aliphatic carbocycles. The van der Waals surface area contributed by atoms with Gasteiger partial charge in [-0.2, -0.15) is 8.42 Å². The lowest BCUT2D eigenvalue weighted by Gasteiger charge is -2.32. The van der Waals surface area contributed by atoms with Crippen LogP contribution in [-0.4, -0.2) is 72.7 Å². The molecule has 0 saturated heterocycles. The van der Waals surface area contributed by atoms with E-state index in [0.29, 0.717) is 5.54 Å². The fraction of sp³-hybridized carbons (Fsp3) is 1.00. The summed E-state index contributed by atoms with van der Waals surface area (Å²) in [6, 6.07) is 0. The van der Waals surface area contributed by atoms with Gasteiger partial charge in [-0.3, -0.25) is 8.37 Å². The number of rotatable bonds is 19. The van der Waals surface area contributed by atoms with Gasteiger partial charge in [0.2, 0.25) is 0 Å². The summed E-state index contributed by atoms with van der Waals surface area (Å²) in [5.41, 5.74) is 0.368. The predicted octanol–water partition coefficient (Wildman–Crippen LogP) is 5.87. The second-order valence-corrected chi connectivity index (χ2v) is 11.1. The first-order valence-corrected chi connectivity index (χ1v) is 13.5. The summed E-state index contributed by atoms with van der Waals surface area (Å²) >= 11 is 0. The first kappa shape index (κ1) is 33.0. The highest BCUT2D eigenvalue weighted by molar-refractivity contribution is 7.81. The van der Waals surface area contributed by atoms with Crippen molar-refractivity contribution in [2.45, 2.75) is 109 Å². The van der Waals surface area contributed by atoms with Gasteiger partial charge in [-0.05, 0) is 61.4 Å². The maximum absolute atomic E-state index is 9.92. The lowest BCUT2D eigenvalue weighted by atomic mass is 9.95. The molecule has 0 spiro atoms. The Hall–Kier alpha value is -0.210. The van der Waals surface area contributed by atoms with Gasteiger partial charge < -0.3 is 9.80 Å². The fourth-order valence-corrected chi connectivity index (χ4v) is 3.36. The number of hydrogen-bond donors (Lipinski definition) is 0. The lowest BCUT2D eigenvalue weighted by Crippen LogP contribution is -2.37. The number of nitrogens with zero attached hydrogens (tertiary/aromatic N) is 2. The smallest absolute Gasteiger partial charge is 0.309 e. The number of unbranched alkanes of at least 4 members (excludes halogenated alkanes) is 12. The van der Waals surface area contributed by atoms with Gasteiger partial charge in [0.25, 0.3) is 0 Å². The van der Waals surface area contributed by atoms with Crippen LogP contribution in [0.25, 0.3) is 0 Å². The molecular weight excluding hydrogens is 412 g/mol. The van der Waals surface area contributed by atoms with Crippen LogP contribution in [0, 0.1) is 0 Å². The monoisotopic (exact) mass is 466 g/mol. The van der Waals surface area contributed by atoms with E-state index in [9.17, 15) is 8.42 Å². The summed E-state index contributed by atoms with van der Waals surface area (Å²) in [6.45, 7) is 5.97. The van der Waals surface area contributed by atoms with Gasteiger partial charge in [-0.15, -0.1) is 0 Å². The van der Waals surface area contributed by atoms with Gasteiger partial charge in [0, 0.05) is 5.54 Å². The molecule has 7 heteroatoms. The van der Waals surface area contributed by atoms with E-state index >= 15 is 0 Å². The summed E-state index contributed by atoms with van der Waals surface area (Å²) in [7, 11) is 7.13. The minimum atomic E-state index is -3.66. The van der Waals surface area contributed by atoms with Crippen molar-refractivity contribution in [1.82, 2.24) is 9.80 Å². The molecule has 0 rings (SSSR count). The van der Waals surface area contributed by atoms with E-state index in [1.807, 2.05) is 0 Å². The lowest BCUT2D eigenvalue weighted by molar-refractivity contribution is 0.177.